The number of fused-ring (bicyclic) bond motifs is 1. The second-order valence-corrected chi connectivity index (χ2v) is 9.28. The Bertz CT molecular complexity index is 925. The fraction of sp³-hybridized carbons (Fsp3) is 0.652. The van der Waals surface area contributed by atoms with Crippen molar-refractivity contribution >= 4 is 11.9 Å². The first-order valence-corrected chi connectivity index (χ1v) is 11.5. The molecule has 3 heterocycles. The Morgan fingerprint density at radius 3 is 2.05 bits per heavy atom. The minimum Gasteiger partial charge on any atom is -0.475 e. The molecule has 3 aliphatic rings. The standard InChI is InChI=1S/C19H28N2O3.2C2HF3O2/c1-20-11-16(12-22-2)19(13-20)5-7-21(8-6-19)10-15-3-4-17-18(9-15)24-14-23-17;2*3-2(4,5)1(6)7/h3-4,9,16H,5-8,10-14H2,1-2H3;2*(H,6,7). The summed E-state index contributed by atoms with van der Waals surface area (Å²) in [4.78, 5) is 22.8. The first-order valence-electron chi connectivity index (χ1n) is 11.5. The molecule has 0 saturated carbocycles. The third-order valence-electron chi connectivity index (χ3n) is 6.53. The Morgan fingerprint density at radius 1 is 1.03 bits per heavy atom. The van der Waals surface area contributed by atoms with Gasteiger partial charge in [0.25, 0.3) is 0 Å². The molecule has 0 aromatic heterocycles. The van der Waals surface area contributed by atoms with Gasteiger partial charge in [-0.3, -0.25) is 4.90 Å². The van der Waals surface area contributed by atoms with E-state index in [0.29, 0.717) is 18.1 Å². The van der Waals surface area contributed by atoms with Crippen LogP contribution in [0.1, 0.15) is 18.4 Å². The second-order valence-electron chi connectivity index (χ2n) is 9.28. The third kappa shape index (κ3) is 8.91. The fourth-order valence-electron chi connectivity index (χ4n) is 4.75. The molecule has 1 atom stereocenters. The zero-order valence-electron chi connectivity index (χ0n) is 20.8. The van der Waals surface area contributed by atoms with Gasteiger partial charge in [0.1, 0.15) is 0 Å². The Labute approximate surface area is 214 Å². The van der Waals surface area contributed by atoms with E-state index in [-0.39, 0.29) is 0 Å². The first kappa shape index (κ1) is 31.4. The zero-order chi connectivity index (χ0) is 28.7. The Morgan fingerprint density at radius 2 is 1.55 bits per heavy atom. The molecular weight excluding hydrogens is 530 g/mol. The molecule has 216 valence electrons. The van der Waals surface area contributed by atoms with Gasteiger partial charge in [-0.25, -0.2) is 9.59 Å². The van der Waals surface area contributed by atoms with E-state index in [1.165, 1.54) is 44.6 Å². The van der Waals surface area contributed by atoms with Crippen LogP contribution < -0.4 is 9.47 Å². The van der Waals surface area contributed by atoms with Crippen LogP contribution in [-0.2, 0) is 20.9 Å². The molecule has 4 rings (SSSR count). The molecule has 0 amide bonds. The molecule has 2 N–H and O–H groups in total. The summed E-state index contributed by atoms with van der Waals surface area (Å²) in [6, 6.07) is 6.32. The van der Waals surface area contributed by atoms with Crippen molar-refractivity contribution in [2.45, 2.75) is 31.7 Å². The maximum absolute atomic E-state index is 10.6. The number of likely N-dealkylation sites (tertiary alicyclic amines) is 2. The van der Waals surface area contributed by atoms with Gasteiger partial charge in [-0.15, -0.1) is 0 Å². The molecule has 9 nitrogen and oxygen atoms in total. The molecule has 1 aromatic carbocycles. The summed E-state index contributed by atoms with van der Waals surface area (Å²) in [6.07, 6.45) is -7.62. The number of piperidine rings is 1. The molecule has 0 radical (unpaired) electrons. The van der Waals surface area contributed by atoms with E-state index in [4.69, 9.17) is 34.0 Å². The number of hydrogen-bond donors (Lipinski definition) is 2. The number of ether oxygens (including phenoxy) is 3. The second kappa shape index (κ2) is 12.8. The maximum atomic E-state index is 10.6. The molecule has 1 aromatic rings. The number of aliphatic carboxylic acids is 2. The van der Waals surface area contributed by atoms with E-state index in [0.717, 1.165) is 24.7 Å². The lowest BCUT2D eigenvalue weighted by atomic mass is 9.71. The smallest absolute Gasteiger partial charge is 0.475 e. The monoisotopic (exact) mass is 560 g/mol. The minimum absolute atomic E-state index is 0.347. The number of hydrogen-bond acceptors (Lipinski definition) is 7. The van der Waals surface area contributed by atoms with E-state index < -0.39 is 24.3 Å². The van der Waals surface area contributed by atoms with Crippen LogP contribution >= 0.6 is 0 Å². The summed E-state index contributed by atoms with van der Waals surface area (Å²) in [5, 5.41) is 14.2. The predicted molar refractivity (Wildman–Crippen MR) is 120 cm³/mol. The molecule has 2 fully saturated rings. The van der Waals surface area contributed by atoms with E-state index >= 15 is 0 Å². The summed E-state index contributed by atoms with van der Waals surface area (Å²) < 4.78 is 79.9. The average molecular weight is 560 g/mol. The Balaban J connectivity index is 0.000000301. The van der Waals surface area contributed by atoms with Crippen LogP contribution in [0.3, 0.4) is 0 Å². The summed E-state index contributed by atoms with van der Waals surface area (Å²) in [6.45, 7) is 6.98. The highest BCUT2D eigenvalue weighted by Gasteiger charge is 2.46. The van der Waals surface area contributed by atoms with Gasteiger partial charge in [0.15, 0.2) is 11.5 Å². The molecule has 0 aliphatic carbocycles. The largest absolute Gasteiger partial charge is 0.490 e. The van der Waals surface area contributed by atoms with Crippen molar-refractivity contribution in [3.05, 3.63) is 23.8 Å². The van der Waals surface area contributed by atoms with Gasteiger partial charge in [0.2, 0.25) is 6.79 Å². The van der Waals surface area contributed by atoms with Crippen molar-refractivity contribution in [3.63, 3.8) is 0 Å². The average Bonchev–Trinajstić information content (AvgIpc) is 3.39. The maximum Gasteiger partial charge on any atom is 0.490 e. The Hall–Kier alpha value is -2.78. The topological polar surface area (TPSA) is 109 Å². The van der Waals surface area contributed by atoms with Crippen LogP contribution in [0.5, 0.6) is 11.5 Å². The molecule has 2 saturated heterocycles. The van der Waals surface area contributed by atoms with Gasteiger partial charge < -0.3 is 29.3 Å². The lowest BCUT2D eigenvalue weighted by molar-refractivity contribution is -0.193. The van der Waals surface area contributed by atoms with Crippen molar-refractivity contribution in [1.29, 1.82) is 0 Å². The zero-order valence-corrected chi connectivity index (χ0v) is 20.8. The number of methoxy groups -OCH3 is 1. The normalized spacial score (nSPS) is 20.8. The van der Waals surface area contributed by atoms with Crippen LogP contribution in [-0.4, -0.2) is 98.0 Å². The number of carboxylic acids is 2. The fourth-order valence-corrected chi connectivity index (χ4v) is 4.75. The third-order valence-corrected chi connectivity index (χ3v) is 6.53. The molecule has 38 heavy (non-hydrogen) atoms. The first-order chi connectivity index (χ1) is 17.6. The number of halogens is 6. The van der Waals surface area contributed by atoms with Crippen molar-refractivity contribution in [3.8, 4) is 11.5 Å². The highest BCUT2D eigenvalue weighted by Crippen LogP contribution is 2.44. The van der Waals surface area contributed by atoms with E-state index in [2.05, 4.69) is 29.0 Å². The predicted octanol–water partition coefficient (Wildman–Crippen LogP) is 3.47. The van der Waals surface area contributed by atoms with E-state index in [1.54, 1.807) is 0 Å². The van der Waals surface area contributed by atoms with Crippen LogP contribution in [0.25, 0.3) is 0 Å². The minimum atomic E-state index is -5.08. The number of carbonyl (C=O) groups is 2. The van der Waals surface area contributed by atoms with E-state index in [9.17, 15) is 26.3 Å². The lowest BCUT2D eigenvalue weighted by Crippen LogP contribution is -2.44. The molecular formula is C23H30F6N2O7. The number of alkyl halides is 6. The molecule has 15 heteroatoms. The van der Waals surface area contributed by atoms with Crippen LogP contribution in [0.2, 0.25) is 0 Å². The summed E-state index contributed by atoms with van der Waals surface area (Å²) >= 11 is 0. The molecule has 1 spiro atoms. The number of carboxylic acid groups (broad SMARTS) is 2. The van der Waals surface area contributed by atoms with Gasteiger partial charge in [-0.05, 0) is 56.1 Å². The summed E-state index contributed by atoms with van der Waals surface area (Å²) in [5.74, 6) is -3.08. The van der Waals surface area contributed by atoms with Crippen LogP contribution in [0.15, 0.2) is 18.2 Å². The Kier molecular flexibility index (Phi) is 10.6. The van der Waals surface area contributed by atoms with E-state index in [1.807, 2.05) is 13.2 Å². The van der Waals surface area contributed by atoms with Crippen molar-refractivity contribution in [2.75, 3.05) is 53.7 Å². The van der Waals surface area contributed by atoms with Gasteiger partial charge >= 0.3 is 24.3 Å². The van der Waals surface area contributed by atoms with Crippen LogP contribution in [0, 0.1) is 11.3 Å². The lowest BCUT2D eigenvalue weighted by Gasteiger charge is -2.42. The number of rotatable bonds is 4. The number of benzene rings is 1. The quantitative estimate of drug-likeness (QED) is 0.536. The highest BCUT2D eigenvalue weighted by molar-refractivity contribution is 5.73. The van der Waals surface area contributed by atoms with Crippen molar-refractivity contribution < 1.29 is 60.4 Å². The van der Waals surface area contributed by atoms with Crippen LogP contribution in [0.4, 0.5) is 26.3 Å². The molecule has 0 bridgehead atoms. The summed E-state index contributed by atoms with van der Waals surface area (Å²) in [5.41, 5.74) is 1.77. The van der Waals surface area contributed by atoms with Gasteiger partial charge in [-0.2, -0.15) is 26.3 Å². The molecule has 3 aliphatic heterocycles. The van der Waals surface area contributed by atoms with Gasteiger partial charge in [-0.1, -0.05) is 6.07 Å². The summed E-state index contributed by atoms with van der Waals surface area (Å²) in [7, 11) is 4.08. The van der Waals surface area contributed by atoms with Crippen molar-refractivity contribution in [2.24, 2.45) is 11.3 Å². The van der Waals surface area contributed by atoms with Gasteiger partial charge in [0.05, 0.1) is 6.61 Å². The van der Waals surface area contributed by atoms with Crippen molar-refractivity contribution in [1.82, 2.24) is 9.80 Å². The highest BCUT2D eigenvalue weighted by atomic mass is 19.4. The number of nitrogens with zero attached hydrogens (tertiary/aromatic N) is 2. The van der Waals surface area contributed by atoms with Gasteiger partial charge in [0, 0.05) is 32.7 Å². The SMILES string of the molecule is COCC1CN(C)CC12CCN(Cc1ccc3c(c1)OCO3)CC2.O=C(O)C(F)(F)F.O=C(O)C(F)(F)F. The molecule has 1 unspecified atom stereocenters.